The molecular formula is C26H42O2. The van der Waals surface area contributed by atoms with Crippen LogP contribution in [0.2, 0.25) is 0 Å². The lowest BCUT2D eigenvalue weighted by molar-refractivity contribution is -0.114. The molecule has 158 valence electrons. The van der Waals surface area contributed by atoms with Crippen LogP contribution in [0.5, 0.6) is 0 Å². The molecule has 1 rings (SSSR count). The Morgan fingerprint density at radius 3 is 1.61 bits per heavy atom. The Balaban J connectivity index is 1.88. The lowest BCUT2D eigenvalue weighted by Crippen LogP contribution is -1.95. The summed E-state index contributed by atoms with van der Waals surface area (Å²) in [6.07, 6.45) is 21.8. The molecule has 0 saturated carbocycles. The van der Waals surface area contributed by atoms with Gasteiger partial charge in [-0.25, -0.2) is 0 Å². The number of carbonyl (C=O) groups is 1. The SMILES string of the molecule is CCCCCCCCCCCCCCCCCC(=O)C=C(O)c1ccccc1. The third-order valence-corrected chi connectivity index (χ3v) is 5.39. The van der Waals surface area contributed by atoms with Crippen molar-refractivity contribution >= 4 is 11.5 Å². The van der Waals surface area contributed by atoms with Crippen molar-refractivity contribution in [2.45, 2.75) is 110 Å². The van der Waals surface area contributed by atoms with Gasteiger partial charge in [0, 0.05) is 18.1 Å². The van der Waals surface area contributed by atoms with E-state index in [1.807, 2.05) is 30.3 Å². The zero-order valence-corrected chi connectivity index (χ0v) is 18.1. The van der Waals surface area contributed by atoms with E-state index in [1.165, 1.54) is 89.5 Å². The smallest absolute Gasteiger partial charge is 0.159 e. The van der Waals surface area contributed by atoms with Crippen molar-refractivity contribution in [1.82, 2.24) is 0 Å². The van der Waals surface area contributed by atoms with Crippen LogP contribution in [0.15, 0.2) is 36.4 Å². The Labute approximate surface area is 173 Å². The second-order valence-corrected chi connectivity index (χ2v) is 8.06. The lowest BCUT2D eigenvalue weighted by Gasteiger charge is -2.03. The van der Waals surface area contributed by atoms with Gasteiger partial charge in [-0.2, -0.15) is 0 Å². The molecule has 1 aromatic carbocycles. The summed E-state index contributed by atoms with van der Waals surface area (Å²) in [6.45, 7) is 2.27. The molecule has 0 heterocycles. The van der Waals surface area contributed by atoms with E-state index >= 15 is 0 Å². The van der Waals surface area contributed by atoms with Crippen molar-refractivity contribution in [3.63, 3.8) is 0 Å². The highest BCUT2D eigenvalue weighted by atomic mass is 16.3. The molecule has 0 fully saturated rings. The molecule has 0 bridgehead atoms. The molecule has 0 aliphatic rings. The maximum Gasteiger partial charge on any atom is 0.159 e. The zero-order chi connectivity index (χ0) is 20.3. The van der Waals surface area contributed by atoms with Crippen molar-refractivity contribution in [2.75, 3.05) is 0 Å². The highest BCUT2D eigenvalue weighted by Crippen LogP contribution is 2.15. The predicted molar refractivity (Wildman–Crippen MR) is 122 cm³/mol. The average Bonchev–Trinajstić information content (AvgIpc) is 2.71. The quantitative estimate of drug-likeness (QED) is 0.156. The molecule has 0 aliphatic carbocycles. The summed E-state index contributed by atoms with van der Waals surface area (Å²) in [6, 6.07) is 9.24. The highest BCUT2D eigenvalue weighted by Gasteiger charge is 2.03. The van der Waals surface area contributed by atoms with Crippen LogP contribution in [0, 0.1) is 0 Å². The van der Waals surface area contributed by atoms with Gasteiger partial charge in [0.2, 0.25) is 0 Å². The summed E-state index contributed by atoms with van der Waals surface area (Å²) >= 11 is 0. The van der Waals surface area contributed by atoms with Crippen LogP contribution in [0.3, 0.4) is 0 Å². The lowest BCUT2D eigenvalue weighted by atomic mass is 10.0. The van der Waals surface area contributed by atoms with Crippen LogP contribution < -0.4 is 0 Å². The van der Waals surface area contributed by atoms with E-state index in [2.05, 4.69) is 6.92 Å². The summed E-state index contributed by atoms with van der Waals surface area (Å²) in [5.74, 6) is 0.0996. The third kappa shape index (κ3) is 13.6. The fourth-order valence-corrected chi connectivity index (χ4v) is 3.59. The average molecular weight is 387 g/mol. The monoisotopic (exact) mass is 386 g/mol. The second-order valence-electron chi connectivity index (χ2n) is 8.06. The van der Waals surface area contributed by atoms with E-state index in [0.29, 0.717) is 12.0 Å². The standard InChI is InChI=1S/C26H42O2/c1-2-3-4-5-6-7-8-9-10-11-12-13-14-15-19-22-25(27)23-26(28)24-20-17-16-18-21-24/h16-18,20-21,23,28H,2-15,19,22H2,1H3. The van der Waals surface area contributed by atoms with E-state index < -0.39 is 0 Å². The topological polar surface area (TPSA) is 37.3 Å². The Morgan fingerprint density at radius 1 is 0.714 bits per heavy atom. The number of allylic oxidation sites excluding steroid dienone is 1. The molecule has 1 aromatic rings. The molecule has 0 aliphatic heterocycles. The number of benzene rings is 1. The highest BCUT2D eigenvalue weighted by molar-refractivity contribution is 5.95. The molecule has 0 radical (unpaired) electrons. The molecule has 1 N–H and O–H groups in total. The molecule has 0 amide bonds. The summed E-state index contributed by atoms with van der Waals surface area (Å²) < 4.78 is 0. The van der Waals surface area contributed by atoms with Crippen molar-refractivity contribution in [3.8, 4) is 0 Å². The molecular weight excluding hydrogens is 344 g/mol. The van der Waals surface area contributed by atoms with Gasteiger partial charge in [-0.1, -0.05) is 127 Å². The summed E-state index contributed by atoms with van der Waals surface area (Å²) in [7, 11) is 0. The predicted octanol–water partition coefficient (Wildman–Crippen LogP) is 8.42. The van der Waals surface area contributed by atoms with E-state index in [1.54, 1.807) is 0 Å². The van der Waals surface area contributed by atoms with Crippen LogP contribution in [0.1, 0.15) is 115 Å². The molecule has 0 unspecified atom stereocenters. The molecule has 0 saturated heterocycles. The number of aliphatic hydroxyl groups excluding tert-OH is 1. The number of aliphatic hydroxyl groups is 1. The molecule has 28 heavy (non-hydrogen) atoms. The van der Waals surface area contributed by atoms with Gasteiger partial charge < -0.3 is 5.11 Å². The number of hydrogen-bond acceptors (Lipinski definition) is 2. The first-order valence-corrected chi connectivity index (χ1v) is 11.7. The molecule has 0 atom stereocenters. The van der Waals surface area contributed by atoms with Gasteiger partial charge in [0.25, 0.3) is 0 Å². The van der Waals surface area contributed by atoms with Crippen LogP contribution in [-0.4, -0.2) is 10.9 Å². The van der Waals surface area contributed by atoms with Crippen LogP contribution in [0.25, 0.3) is 5.76 Å². The number of rotatable bonds is 18. The van der Waals surface area contributed by atoms with E-state index in [0.717, 1.165) is 12.8 Å². The van der Waals surface area contributed by atoms with Gasteiger partial charge in [-0.05, 0) is 6.42 Å². The fourth-order valence-electron chi connectivity index (χ4n) is 3.59. The largest absolute Gasteiger partial charge is 0.507 e. The third-order valence-electron chi connectivity index (χ3n) is 5.39. The second kappa shape index (κ2) is 17.5. The van der Waals surface area contributed by atoms with Gasteiger partial charge in [0.1, 0.15) is 5.76 Å². The summed E-state index contributed by atoms with van der Waals surface area (Å²) in [5.41, 5.74) is 0.701. The molecule has 0 aromatic heterocycles. The Morgan fingerprint density at radius 2 is 1.14 bits per heavy atom. The minimum Gasteiger partial charge on any atom is -0.507 e. The molecule has 2 heteroatoms. The number of carbonyl (C=O) groups excluding carboxylic acids is 1. The number of ketones is 1. The Kier molecular flexibility index (Phi) is 15.3. The first-order valence-electron chi connectivity index (χ1n) is 11.7. The summed E-state index contributed by atoms with van der Waals surface area (Å²) in [5, 5.41) is 9.96. The van der Waals surface area contributed by atoms with Crippen LogP contribution >= 0.6 is 0 Å². The first-order chi connectivity index (χ1) is 13.7. The van der Waals surface area contributed by atoms with Gasteiger partial charge in [-0.15, -0.1) is 0 Å². The Bertz CT molecular complexity index is 518. The van der Waals surface area contributed by atoms with Crippen molar-refractivity contribution < 1.29 is 9.90 Å². The number of unbranched alkanes of at least 4 members (excludes halogenated alkanes) is 14. The van der Waals surface area contributed by atoms with E-state index in [4.69, 9.17) is 0 Å². The molecule has 2 nitrogen and oxygen atoms in total. The fraction of sp³-hybridized carbons (Fsp3) is 0.654. The molecule has 0 spiro atoms. The first kappa shape index (κ1) is 24.5. The van der Waals surface area contributed by atoms with Crippen LogP contribution in [0.4, 0.5) is 0 Å². The Hall–Kier alpha value is -1.57. The van der Waals surface area contributed by atoms with Gasteiger partial charge in [-0.3, -0.25) is 4.79 Å². The number of hydrogen-bond donors (Lipinski definition) is 1. The van der Waals surface area contributed by atoms with E-state index in [9.17, 15) is 9.90 Å². The van der Waals surface area contributed by atoms with Gasteiger partial charge in [0.15, 0.2) is 5.78 Å². The van der Waals surface area contributed by atoms with Crippen LogP contribution in [-0.2, 0) is 4.79 Å². The zero-order valence-electron chi connectivity index (χ0n) is 18.1. The van der Waals surface area contributed by atoms with Gasteiger partial charge >= 0.3 is 0 Å². The van der Waals surface area contributed by atoms with Crippen molar-refractivity contribution in [3.05, 3.63) is 42.0 Å². The van der Waals surface area contributed by atoms with Crippen molar-refractivity contribution in [2.24, 2.45) is 0 Å². The maximum atomic E-state index is 11.9. The van der Waals surface area contributed by atoms with E-state index in [-0.39, 0.29) is 11.5 Å². The minimum atomic E-state index is 0.0241. The van der Waals surface area contributed by atoms with Crippen molar-refractivity contribution in [1.29, 1.82) is 0 Å². The maximum absolute atomic E-state index is 11.9. The summed E-state index contributed by atoms with van der Waals surface area (Å²) in [4.78, 5) is 11.9. The minimum absolute atomic E-state index is 0.0241. The van der Waals surface area contributed by atoms with Gasteiger partial charge in [0.05, 0.1) is 0 Å². The normalized spacial score (nSPS) is 11.7.